The van der Waals surface area contributed by atoms with Crippen molar-refractivity contribution in [3.05, 3.63) is 0 Å². The molecule has 1 aliphatic rings. The second-order valence-electron chi connectivity index (χ2n) is 4.75. The van der Waals surface area contributed by atoms with Gasteiger partial charge in [0.15, 0.2) is 0 Å². The molecule has 1 fully saturated rings. The molecule has 2 unspecified atom stereocenters. The third-order valence-corrected chi connectivity index (χ3v) is 3.65. The average molecular weight is 213 g/mol. The van der Waals surface area contributed by atoms with E-state index in [1.54, 1.807) is 7.11 Å². The highest BCUT2D eigenvalue weighted by Gasteiger charge is 2.23. The van der Waals surface area contributed by atoms with Crippen LogP contribution >= 0.6 is 0 Å². The number of hydrogen-bond acceptors (Lipinski definition) is 2. The minimum atomic E-state index is 0.926. The molecule has 0 spiro atoms. The van der Waals surface area contributed by atoms with Gasteiger partial charge in [0.2, 0.25) is 0 Å². The van der Waals surface area contributed by atoms with Crippen molar-refractivity contribution >= 4 is 0 Å². The standard InChI is InChI=1S/C13H27NO/c1-3-14-11-13-8-5-4-7-12(13)9-6-10-15-2/h12-14H,3-11H2,1-2H3. The molecule has 0 amide bonds. The maximum atomic E-state index is 5.13. The molecule has 0 saturated heterocycles. The summed E-state index contributed by atoms with van der Waals surface area (Å²) in [5.41, 5.74) is 0. The normalized spacial score (nSPS) is 26.8. The van der Waals surface area contributed by atoms with Crippen molar-refractivity contribution in [3.63, 3.8) is 0 Å². The van der Waals surface area contributed by atoms with E-state index in [2.05, 4.69) is 12.2 Å². The molecule has 90 valence electrons. The summed E-state index contributed by atoms with van der Waals surface area (Å²) in [5, 5.41) is 3.51. The molecule has 2 atom stereocenters. The Hall–Kier alpha value is -0.0800. The molecule has 15 heavy (non-hydrogen) atoms. The van der Waals surface area contributed by atoms with Crippen LogP contribution < -0.4 is 5.32 Å². The molecular weight excluding hydrogens is 186 g/mol. The van der Waals surface area contributed by atoms with Gasteiger partial charge in [-0.15, -0.1) is 0 Å². The van der Waals surface area contributed by atoms with Gasteiger partial charge in [0.25, 0.3) is 0 Å². The maximum Gasteiger partial charge on any atom is 0.0462 e. The van der Waals surface area contributed by atoms with E-state index >= 15 is 0 Å². The van der Waals surface area contributed by atoms with Gasteiger partial charge >= 0.3 is 0 Å². The van der Waals surface area contributed by atoms with Crippen LogP contribution in [0.3, 0.4) is 0 Å². The molecule has 1 saturated carbocycles. The minimum Gasteiger partial charge on any atom is -0.385 e. The van der Waals surface area contributed by atoms with Crippen LogP contribution in [0.1, 0.15) is 45.4 Å². The summed E-state index contributed by atoms with van der Waals surface area (Å²) in [6.07, 6.45) is 8.37. The van der Waals surface area contributed by atoms with E-state index in [1.807, 2.05) is 0 Å². The van der Waals surface area contributed by atoms with E-state index in [4.69, 9.17) is 4.74 Å². The SMILES string of the molecule is CCNCC1CCCCC1CCCOC. The third kappa shape index (κ3) is 4.98. The predicted octanol–water partition coefficient (Wildman–Crippen LogP) is 2.83. The van der Waals surface area contributed by atoms with E-state index in [1.165, 1.54) is 45.1 Å². The lowest BCUT2D eigenvalue weighted by molar-refractivity contribution is 0.162. The average Bonchev–Trinajstić information content (AvgIpc) is 2.28. The fraction of sp³-hybridized carbons (Fsp3) is 1.00. The second-order valence-corrected chi connectivity index (χ2v) is 4.75. The molecule has 1 rings (SSSR count). The van der Waals surface area contributed by atoms with Gasteiger partial charge in [0.05, 0.1) is 0 Å². The van der Waals surface area contributed by atoms with Crippen molar-refractivity contribution in [1.82, 2.24) is 5.32 Å². The molecular formula is C13H27NO. The van der Waals surface area contributed by atoms with Crippen LogP contribution in [0.2, 0.25) is 0 Å². The summed E-state index contributed by atoms with van der Waals surface area (Å²) in [7, 11) is 1.80. The number of rotatable bonds is 7. The predicted molar refractivity (Wildman–Crippen MR) is 65.1 cm³/mol. The van der Waals surface area contributed by atoms with Crippen molar-refractivity contribution in [2.24, 2.45) is 11.8 Å². The first-order chi connectivity index (χ1) is 7.38. The smallest absolute Gasteiger partial charge is 0.0462 e. The monoisotopic (exact) mass is 213 g/mol. The van der Waals surface area contributed by atoms with Crippen LogP contribution in [0.4, 0.5) is 0 Å². The molecule has 0 heterocycles. The Morgan fingerprint density at radius 1 is 1.20 bits per heavy atom. The first kappa shape index (κ1) is 13.0. The molecule has 0 radical (unpaired) electrons. The molecule has 2 heteroatoms. The fourth-order valence-electron chi connectivity index (χ4n) is 2.75. The van der Waals surface area contributed by atoms with Gasteiger partial charge in [-0.2, -0.15) is 0 Å². The van der Waals surface area contributed by atoms with Crippen molar-refractivity contribution in [2.45, 2.75) is 45.4 Å². The quantitative estimate of drug-likeness (QED) is 0.657. The summed E-state index contributed by atoms with van der Waals surface area (Å²) in [6.45, 7) is 5.47. The fourth-order valence-corrected chi connectivity index (χ4v) is 2.75. The molecule has 0 bridgehead atoms. The van der Waals surface area contributed by atoms with Gasteiger partial charge in [-0.05, 0) is 44.2 Å². The lowest BCUT2D eigenvalue weighted by atomic mass is 9.77. The Morgan fingerprint density at radius 2 is 1.93 bits per heavy atom. The molecule has 2 nitrogen and oxygen atoms in total. The summed E-state index contributed by atoms with van der Waals surface area (Å²) in [4.78, 5) is 0. The molecule has 1 N–H and O–H groups in total. The number of nitrogens with one attached hydrogen (secondary N) is 1. The number of methoxy groups -OCH3 is 1. The van der Waals surface area contributed by atoms with Crippen LogP contribution in [-0.4, -0.2) is 26.8 Å². The maximum absolute atomic E-state index is 5.13. The van der Waals surface area contributed by atoms with E-state index in [0.717, 1.165) is 25.0 Å². The number of hydrogen-bond donors (Lipinski definition) is 1. The van der Waals surface area contributed by atoms with Crippen molar-refractivity contribution in [3.8, 4) is 0 Å². The highest BCUT2D eigenvalue weighted by atomic mass is 16.5. The van der Waals surface area contributed by atoms with E-state index in [9.17, 15) is 0 Å². The third-order valence-electron chi connectivity index (χ3n) is 3.65. The molecule has 0 aliphatic heterocycles. The minimum absolute atomic E-state index is 0.926. The van der Waals surface area contributed by atoms with Crippen molar-refractivity contribution < 1.29 is 4.74 Å². The zero-order valence-electron chi connectivity index (χ0n) is 10.4. The summed E-state index contributed by atoms with van der Waals surface area (Å²) in [6, 6.07) is 0. The Kier molecular flexibility index (Phi) is 7.03. The lowest BCUT2D eigenvalue weighted by Gasteiger charge is -2.31. The Balaban J connectivity index is 2.22. The van der Waals surface area contributed by atoms with Crippen LogP contribution in [-0.2, 0) is 4.74 Å². The molecule has 1 aliphatic carbocycles. The van der Waals surface area contributed by atoms with Gasteiger partial charge < -0.3 is 10.1 Å². The van der Waals surface area contributed by atoms with Crippen LogP contribution in [0.5, 0.6) is 0 Å². The van der Waals surface area contributed by atoms with Gasteiger partial charge in [0, 0.05) is 13.7 Å². The highest BCUT2D eigenvalue weighted by Crippen LogP contribution is 2.32. The van der Waals surface area contributed by atoms with E-state index < -0.39 is 0 Å². The Bertz CT molecular complexity index is 149. The topological polar surface area (TPSA) is 21.3 Å². The van der Waals surface area contributed by atoms with Gasteiger partial charge in [-0.1, -0.05) is 26.2 Å². The molecule has 0 aromatic rings. The first-order valence-electron chi connectivity index (χ1n) is 6.58. The lowest BCUT2D eigenvalue weighted by Crippen LogP contribution is -2.30. The summed E-state index contributed by atoms with van der Waals surface area (Å²) >= 11 is 0. The summed E-state index contributed by atoms with van der Waals surface area (Å²) < 4.78 is 5.13. The van der Waals surface area contributed by atoms with Gasteiger partial charge in [-0.25, -0.2) is 0 Å². The highest BCUT2D eigenvalue weighted by molar-refractivity contribution is 4.77. The van der Waals surface area contributed by atoms with Gasteiger partial charge in [-0.3, -0.25) is 0 Å². The molecule has 0 aromatic carbocycles. The van der Waals surface area contributed by atoms with E-state index in [0.29, 0.717) is 0 Å². The first-order valence-corrected chi connectivity index (χ1v) is 6.58. The second kappa shape index (κ2) is 8.12. The number of ether oxygens (including phenoxy) is 1. The van der Waals surface area contributed by atoms with Crippen LogP contribution in [0.25, 0.3) is 0 Å². The largest absolute Gasteiger partial charge is 0.385 e. The Labute approximate surface area is 94.8 Å². The summed E-state index contributed by atoms with van der Waals surface area (Å²) in [5.74, 6) is 1.88. The molecule has 0 aromatic heterocycles. The van der Waals surface area contributed by atoms with Crippen molar-refractivity contribution in [1.29, 1.82) is 0 Å². The van der Waals surface area contributed by atoms with E-state index in [-0.39, 0.29) is 0 Å². The zero-order valence-corrected chi connectivity index (χ0v) is 10.4. The van der Waals surface area contributed by atoms with Crippen molar-refractivity contribution in [2.75, 3.05) is 26.8 Å². The zero-order chi connectivity index (χ0) is 10.9. The van der Waals surface area contributed by atoms with Crippen LogP contribution in [0.15, 0.2) is 0 Å². The van der Waals surface area contributed by atoms with Gasteiger partial charge in [0.1, 0.15) is 0 Å². The van der Waals surface area contributed by atoms with Crippen LogP contribution in [0, 0.1) is 11.8 Å². The Morgan fingerprint density at radius 3 is 2.60 bits per heavy atom.